The van der Waals surface area contributed by atoms with E-state index in [-0.39, 0.29) is 11.9 Å². The van der Waals surface area contributed by atoms with Crippen molar-refractivity contribution in [2.75, 3.05) is 19.3 Å². The van der Waals surface area contributed by atoms with E-state index in [1.807, 2.05) is 0 Å². The summed E-state index contributed by atoms with van der Waals surface area (Å²) >= 11 is 11.8. The van der Waals surface area contributed by atoms with Gasteiger partial charge >= 0.3 is 0 Å². The normalized spacial score (nSPS) is 17.7. The van der Waals surface area contributed by atoms with Gasteiger partial charge in [-0.25, -0.2) is 12.7 Å². The van der Waals surface area contributed by atoms with E-state index in [2.05, 4.69) is 5.32 Å². The third-order valence-corrected chi connectivity index (χ3v) is 5.30. The summed E-state index contributed by atoms with van der Waals surface area (Å²) in [4.78, 5) is 12.2. The SMILES string of the molecule is CS(=O)(=O)N1CCC(NC(=O)c2cc(Cl)ccc2Cl)CC1. The van der Waals surface area contributed by atoms with Crippen LogP contribution in [0.1, 0.15) is 23.2 Å². The number of piperidine rings is 1. The molecule has 0 atom stereocenters. The molecule has 116 valence electrons. The van der Waals surface area contributed by atoms with Crippen molar-refractivity contribution >= 4 is 39.1 Å². The lowest BCUT2D eigenvalue weighted by atomic mass is 10.1. The van der Waals surface area contributed by atoms with Gasteiger partial charge in [-0.3, -0.25) is 4.79 Å². The Morgan fingerprint density at radius 1 is 1.29 bits per heavy atom. The minimum absolute atomic E-state index is 0.0643. The predicted molar refractivity (Wildman–Crippen MR) is 83.4 cm³/mol. The van der Waals surface area contributed by atoms with Gasteiger partial charge in [0.15, 0.2) is 0 Å². The molecule has 1 aromatic rings. The Hall–Kier alpha value is -0.820. The standard InChI is InChI=1S/C13H16Cl2N2O3S/c1-21(19,20)17-6-4-10(5-7-17)16-13(18)11-8-9(14)2-3-12(11)15/h2-3,8,10H,4-7H2,1H3,(H,16,18). The van der Waals surface area contributed by atoms with Crippen molar-refractivity contribution in [2.45, 2.75) is 18.9 Å². The molecule has 0 spiro atoms. The van der Waals surface area contributed by atoms with Crippen LogP contribution in [0.4, 0.5) is 0 Å². The van der Waals surface area contributed by atoms with Crippen LogP contribution < -0.4 is 5.32 Å². The second-order valence-corrected chi connectivity index (χ2v) is 7.86. The zero-order valence-corrected chi connectivity index (χ0v) is 13.8. The number of hydrogen-bond acceptors (Lipinski definition) is 3. The number of nitrogens with zero attached hydrogens (tertiary/aromatic N) is 1. The third-order valence-electron chi connectivity index (χ3n) is 3.43. The Morgan fingerprint density at radius 2 is 1.90 bits per heavy atom. The van der Waals surface area contributed by atoms with Gasteiger partial charge in [0, 0.05) is 24.2 Å². The largest absolute Gasteiger partial charge is 0.349 e. The molecular formula is C13H16Cl2N2O3S. The van der Waals surface area contributed by atoms with E-state index in [4.69, 9.17) is 23.2 Å². The monoisotopic (exact) mass is 350 g/mol. The zero-order chi connectivity index (χ0) is 15.6. The summed E-state index contributed by atoms with van der Waals surface area (Å²) in [5.41, 5.74) is 0.328. The van der Waals surface area contributed by atoms with Crippen LogP contribution in [-0.4, -0.2) is 44.0 Å². The molecule has 0 bridgehead atoms. The Bertz CT molecular complexity index is 641. The van der Waals surface area contributed by atoms with Gasteiger partial charge in [-0.05, 0) is 31.0 Å². The predicted octanol–water partition coefficient (Wildman–Crippen LogP) is 2.15. The molecule has 21 heavy (non-hydrogen) atoms. The number of hydrogen-bond donors (Lipinski definition) is 1. The van der Waals surface area contributed by atoms with E-state index in [0.717, 1.165) is 0 Å². The van der Waals surface area contributed by atoms with Gasteiger partial charge < -0.3 is 5.32 Å². The molecule has 0 unspecified atom stereocenters. The molecular weight excluding hydrogens is 335 g/mol. The van der Waals surface area contributed by atoms with Crippen LogP contribution in [0.5, 0.6) is 0 Å². The molecule has 1 fully saturated rings. The molecule has 8 heteroatoms. The number of benzene rings is 1. The molecule has 1 aromatic carbocycles. The molecule has 0 saturated carbocycles. The second-order valence-electron chi connectivity index (χ2n) is 5.03. The lowest BCUT2D eigenvalue weighted by molar-refractivity contribution is 0.0924. The van der Waals surface area contributed by atoms with Crippen molar-refractivity contribution in [2.24, 2.45) is 0 Å². The van der Waals surface area contributed by atoms with E-state index in [9.17, 15) is 13.2 Å². The van der Waals surface area contributed by atoms with Crippen LogP contribution in [-0.2, 0) is 10.0 Å². The van der Waals surface area contributed by atoms with Gasteiger partial charge in [0.2, 0.25) is 10.0 Å². The summed E-state index contributed by atoms with van der Waals surface area (Å²) in [6.07, 6.45) is 2.35. The zero-order valence-electron chi connectivity index (χ0n) is 11.5. The molecule has 1 aliphatic heterocycles. The number of sulfonamides is 1. The fourth-order valence-corrected chi connectivity index (χ4v) is 3.52. The summed E-state index contributed by atoms with van der Waals surface area (Å²) in [5.74, 6) is -0.291. The number of carbonyl (C=O) groups is 1. The molecule has 5 nitrogen and oxygen atoms in total. The van der Waals surface area contributed by atoms with Crippen molar-refractivity contribution in [3.63, 3.8) is 0 Å². The number of carbonyl (C=O) groups excluding carboxylic acids is 1. The van der Waals surface area contributed by atoms with Gasteiger partial charge in [0.25, 0.3) is 5.91 Å². The van der Waals surface area contributed by atoms with Gasteiger partial charge in [0.1, 0.15) is 0 Å². The summed E-state index contributed by atoms with van der Waals surface area (Å²) in [6, 6.07) is 4.65. The van der Waals surface area contributed by atoms with Gasteiger partial charge in [-0.1, -0.05) is 23.2 Å². The maximum atomic E-state index is 12.2. The highest BCUT2D eigenvalue weighted by Crippen LogP contribution is 2.21. The van der Waals surface area contributed by atoms with Crippen molar-refractivity contribution in [3.8, 4) is 0 Å². The van der Waals surface area contributed by atoms with Gasteiger partial charge in [-0.15, -0.1) is 0 Å². The smallest absolute Gasteiger partial charge is 0.253 e. The highest BCUT2D eigenvalue weighted by Gasteiger charge is 2.26. The second kappa shape index (κ2) is 6.52. The van der Waals surface area contributed by atoms with E-state index < -0.39 is 10.0 Å². The van der Waals surface area contributed by atoms with Crippen LogP contribution in [0.2, 0.25) is 10.0 Å². The molecule has 0 aliphatic carbocycles. The molecule has 2 rings (SSSR count). The van der Waals surface area contributed by atoms with Crippen molar-refractivity contribution < 1.29 is 13.2 Å². The quantitative estimate of drug-likeness (QED) is 0.907. The molecule has 1 amide bonds. The van der Waals surface area contributed by atoms with Crippen LogP contribution in [0.3, 0.4) is 0 Å². The highest BCUT2D eigenvalue weighted by molar-refractivity contribution is 7.88. The fourth-order valence-electron chi connectivity index (χ4n) is 2.27. The maximum absolute atomic E-state index is 12.2. The molecule has 1 heterocycles. The summed E-state index contributed by atoms with van der Waals surface area (Å²) in [6.45, 7) is 0.820. The third kappa shape index (κ3) is 4.32. The topological polar surface area (TPSA) is 66.5 Å². The summed E-state index contributed by atoms with van der Waals surface area (Å²) < 4.78 is 24.3. The summed E-state index contributed by atoms with van der Waals surface area (Å²) in [5, 5.41) is 3.65. The first-order valence-corrected chi connectivity index (χ1v) is 9.09. The molecule has 0 radical (unpaired) electrons. The van der Waals surface area contributed by atoms with E-state index in [0.29, 0.717) is 41.5 Å². The van der Waals surface area contributed by atoms with Crippen molar-refractivity contribution in [3.05, 3.63) is 33.8 Å². The van der Waals surface area contributed by atoms with Gasteiger partial charge in [0.05, 0.1) is 16.8 Å². The van der Waals surface area contributed by atoms with E-state index in [1.165, 1.54) is 16.6 Å². The van der Waals surface area contributed by atoms with Crippen LogP contribution in [0.25, 0.3) is 0 Å². The number of nitrogens with one attached hydrogen (secondary N) is 1. The number of halogens is 2. The summed E-state index contributed by atoms with van der Waals surface area (Å²) in [7, 11) is -3.16. The average molecular weight is 351 g/mol. The first kappa shape index (κ1) is 16.5. The van der Waals surface area contributed by atoms with E-state index in [1.54, 1.807) is 12.1 Å². The molecule has 0 aromatic heterocycles. The Balaban J connectivity index is 1.97. The average Bonchev–Trinajstić information content (AvgIpc) is 2.41. The Kier molecular flexibility index (Phi) is 5.14. The Morgan fingerprint density at radius 3 is 2.48 bits per heavy atom. The van der Waals surface area contributed by atoms with Crippen molar-refractivity contribution in [1.29, 1.82) is 0 Å². The Labute approximate surface area is 134 Å². The number of rotatable bonds is 3. The first-order valence-electron chi connectivity index (χ1n) is 6.48. The lowest BCUT2D eigenvalue weighted by Crippen LogP contribution is -2.46. The highest BCUT2D eigenvalue weighted by atomic mass is 35.5. The minimum atomic E-state index is -3.16. The lowest BCUT2D eigenvalue weighted by Gasteiger charge is -2.30. The van der Waals surface area contributed by atoms with Crippen LogP contribution in [0, 0.1) is 0 Å². The van der Waals surface area contributed by atoms with Gasteiger partial charge in [-0.2, -0.15) is 0 Å². The fraction of sp³-hybridized carbons (Fsp3) is 0.462. The molecule has 1 saturated heterocycles. The molecule has 1 N–H and O–H groups in total. The van der Waals surface area contributed by atoms with Crippen LogP contribution >= 0.6 is 23.2 Å². The molecule has 1 aliphatic rings. The van der Waals surface area contributed by atoms with E-state index >= 15 is 0 Å². The first-order chi connectivity index (χ1) is 9.77. The number of amides is 1. The minimum Gasteiger partial charge on any atom is -0.349 e. The maximum Gasteiger partial charge on any atom is 0.253 e. The van der Waals surface area contributed by atoms with Crippen molar-refractivity contribution in [1.82, 2.24) is 9.62 Å². The van der Waals surface area contributed by atoms with Crippen LogP contribution in [0.15, 0.2) is 18.2 Å².